The zero-order chi connectivity index (χ0) is 21.2. The van der Waals surface area contributed by atoms with Gasteiger partial charge in [0.15, 0.2) is 6.61 Å². The molecule has 2 rings (SSSR count). The molecule has 0 bridgehead atoms. The third-order valence-electron chi connectivity index (χ3n) is 4.47. The van der Waals surface area contributed by atoms with Crippen molar-refractivity contribution in [3.05, 3.63) is 59.7 Å². The summed E-state index contributed by atoms with van der Waals surface area (Å²) in [5, 5.41) is 5.11. The highest BCUT2D eigenvalue weighted by Gasteiger charge is 2.12. The molecule has 0 saturated carbocycles. The zero-order valence-electron chi connectivity index (χ0n) is 16.9. The van der Waals surface area contributed by atoms with Crippen molar-refractivity contribution in [1.29, 1.82) is 0 Å². The molecule has 7 heteroatoms. The van der Waals surface area contributed by atoms with Gasteiger partial charge in [-0.3, -0.25) is 14.4 Å². The summed E-state index contributed by atoms with van der Waals surface area (Å²) in [6.45, 7) is 3.49. The Morgan fingerprint density at radius 2 is 1.79 bits per heavy atom. The molecule has 0 aliphatic heterocycles. The van der Waals surface area contributed by atoms with Gasteiger partial charge in [-0.25, -0.2) is 0 Å². The van der Waals surface area contributed by atoms with Gasteiger partial charge >= 0.3 is 5.97 Å². The fourth-order valence-electron chi connectivity index (χ4n) is 2.54. The minimum atomic E-state index is -0.705. The minimum absolute atomic E-state index is 0.340. The maximum absolute atomic E-state index is 12.0. The normalized spacial score (nSPS) is 11.3. The monoisotopic (exact) mass is 398 g/mol. The molecule has 2 aromatic carbocycles. The Kier molecular flexibility index (Phi) is 8.21. The number of anilines is 1. The molecule has 0 radical (unpaired) electrons. The molecular formula is C22H26N2O5. The lowest BCUT2D eigenvalue weighted by atomic mass is 9.99. The van der Waals surface area contributed by atoms with Crippen molar-refractivity contribution in [1.82, 2.24) is 5.32 Å². The summed E-state index contributed by atoms with van der Waals surface area (Å²) in [6.07, 6.45) is 1.04. The predicted molar refractivity (Wildman–Crippen MR) is 110 cm³/mol. The van der Waals surface area contributed by atoms with E-state index in [-0.39, 0.29) is 6.54 Å². The van der Waals surface area contributed by atoms with Crippen molar-refractivity contribution < 1.29 is 23.9 Å². The van der Waals surface area contributed by atoms with Gasteiger partial charge in [-0.15, -0.1) is 0 Å². The van der Waals surface area contributed by atoms with Gasteiger partial charge in [0, 0.05) is 11.3 Å². The maximum atomic E-state index is 12.0. The number of amides is 2. The highest BCUT2D eigenvalue weighted by molar-refractivity contribution is 5.97. The van der Waals surface area contributed by atoms with Gasteiger partial charge in [0.25, 0.3) is 11.8 Å². The molecule has 0 spiro atoms. The first-order chi connectivity index (χ1) is 13.9. The number of carbonyl (C=O) groups excluding carboxylic acids is 3. The molecule has 0 aliphatic rings. The van der Waals surface area contributed by atoms with Crippen LogP contribution in [0.25, 0.3) is 0 Å². The molecule has 0 aliphatic carbocycles. The van der Waals surface area contributed by atoms with E-state index in [4.69, 9.17) is 9.47 Å². The van der Waals surface area contributed by atoms with Crippen LogP contribution < -0.4 is 15.4 Å². The van der Waals surface area contributed by atoms with Crippen molar-refractivity contribution in [2.75, 3.05) is 25.6 Å². The summed E-state index contributed by atoms with van der Waals surface area (Å²) < 4.78 is 9.95. The fraction of sp³-hybridized carbons (Fsp3) is 0.318. The standard InChI is InChI=1S/C22H26N2O5/c1-4-15(2)16-8-10-18(11-9-16)24-20(25)14-29-21(26)13-23-22(27)17-6-5-7-19(12-17)28-3/h5-12,15H,4,13-14H2,1-3H3,(H,23,27)(H,24,25)/t15-/m1/s1. The smallest absolute Gasteiger partial charge is 0.325 e. The third kappa shape index (κ3) is 6.95. The van der Waals surface area contributed by atoms with Crippen LogP contribution in [0.5, 0.6) is 5.75 Å². The molecule has 0 unspecified atom stereocenters. The zero-order valence-corrected chi connectivity index (χ0v) is 16.9. The van der Waals surface area contributed by atoms with Crippen molar-refractivity contribution in [3.8, 4) is 5.75 Å². The molecule has 29 heavy (non-hydrogen) atoms. The van der Waals surface area contributed by atoms with E-state index < -0.39 is 24.4 Å². The summed E-state index contributed by atoms with van der Waals surface area (Å²) in [5.41, 5.74) is 2.18. The van der Waals surface area contributed by atoms with E-state index in [2.05, 4.69) is 24.5 Å². The van der Waals surface area contributed by atoms with Gasteiger partial charge < -0.3 is 20.1 Å². The molecule has 2 N–H and O–H groups in total. The fourth-order valence-corrected chi connectivity index (χ4v) is 2.54. The molecule has 0 heterocycles. The van der Waals surface area contributed by atoms with E-state index >= 15 is 0 Å². The van der Waals surface area contributed by atoms with Crippen molar-refractivity contribution in [2.24, 2.45) is 0 Å². The Balaban J connectivity index is 1.74. The van der Waals surface area contributed by atoms with E-state index in [0.717, 1.165) is 6.42 Å². The molecule has 0 saturated heterocycles. The summed E-state index contributed by atoms with van der Waals surface area (Å²) >= 11 is 0. The maximum Gasteiger partial charge on any atom is 0.325 e. The topological polar surface area (TPSA) is 93.7 Å². The van der Waals surface area contributed by atoms with Crippen LogP contribution in [-0.4, -0.2) is 38.0 Å². The van der Waals surface area contributed by atoms with E-state index in [0.29, 0.717) is 22.9 Å². The lowest BCUT2D eigenvalue weighted by molar-refractivity contribution is -0.146. The van der Waals surface area contributed by atoms with Gasteiger partial charge in [-0.05, 0) is 48.2 Å². The van der Waals surface area contributed by atoms with Crippen LogP contribution >= 0.6 is 0 Å². The first-order valence-corrected chi connectivity index (χ1v) is 9.40. The van der Waals surface area contributed by atoms with Gasteiger partial charge in [0.1, 0.15) is 12.3 Å². The van der Waals surface area contributed by atoms with Crippen molar-refractivity contribution >= 4 is 23.5 Å². The average molecular weight is 398 g/mol. The number of hydrogen-bond donors (Lipinski definition) is 2. The van der Waals surface area contributed by atoms with Gasteiger partial charge in [0.2, 0.25) is 0 Å². The minimum Gasteiger partial charge on any atom is -0.497 e. The molecule has 2 amide bonds. The summed E-state index contributed by atoms with van der Waals surface area (Å²) in [4.78, 5) is 35.7. The number of rotatable bonds is 9. The molecule has 7 nitrogen and oxygen atoms in total. The number of carbonyl (C=O) groups is 3. The van der Waals surface area contributed by atoms with Gasteiger partial charge in [-0.1, -0.05) is 32.0 Å². The highest BCUT2D eigenvalue weighted by Crippen LogP contribution is 2.20. The van der Waals surface area contributed by atoms with E-state index in [1.54, 1.807) is 24.3 Å². The van der Waals surface area contributed by atoms with Crippen LogP contribution in [0.3, 0.4) is 0 Å². The van der Waals surface area contributed by atoms with Crippen LogP contribution in [0.4, 0.5) is 5.69 Å². The molecule has 0 aromatic heterocycles. The third-order valence-corrected chi connectivity index (χ3v) is 4.47. The first kappa shape index (κ1) is 21.9. The number of esters is 1. The number of methoxy groups -OCH3 is 1. The van der Waals surface area contributed by atoms with Crippen LogP contribution in [-0.2, 0) is 14.3 Å². The predicted octanol–water partition coefficient (Wildman–Crippen LogP) is 3.12. The number of hydrogen-bond acceptors (Lipinski definition) is 5. The first-order valence-electron chi connectivity index (χ1n) is 9.40. The largest absolute Gasteiger partial charge is 0.497 e. The average Bonchev–Trinajstić information content (AvgIpc) is 2.76. The van der Waals surface area contributed by atoms with E-state index in [9.17, 15) is 14.4 Å². The van der Waals surface area contributed by atoms with Crippen molar-refractivity contribution in [3.63, 3.8) is 0 Å². The summed E-state index contributed by atoms with van der Waals surface area (Å²) in [5.74, 6) is -0.606. The van der Waals surface area contributed by atoms with E-state index in [1.165, 1.54) is 12.7 Å². The second-order valence-corrected chi connectivity index (χ2v) is 6.55. The number of ether oxygens (including phenoxy) is 2. The Morgan fingerprint density at radius 1 is 1.07 bits per heavy atom. The van der Waals surface area contributed by atoms with Crippen molar-refractivity contribution in [2.45, 2.75) is 26.2 Å². The lowest BCUT2D eigenvalue weighted by Crippen LogP contribution is -2.32. The van der Waals surface area contributed by atoms with E-state index in [1.807, 2.05) is 24.3 Å². The Bertz CT molecular complexity index is 849. The molecule has 2 aromatic rings. The summed E-state index contributed by atoms with van der Waals surface area (Å²) in [7, 11) is 1.50. The SMILES string of the molecule is CC[C@@H](C)c1ccc(NC(=O)COC(=O)CNC(=O)c2cccc(OC)c2)cc1. The second kappa shape index (κ2) is 10.8. The number of benzene rings is 2. The highest BCUT2D eigenvalue weighted by atomic mass is 16.5. The second-order valence-electron chi connectivity index (χ2n) is 6.55. The van der Waals surface area contributed by atoms with Gasteiger partial charge in [0.05, 0.1) is 7.11 Å². The Morgan fingerprint density at radius 3 is 2.45 bits per heavy atom. The molecular weight excluding hydrogens is 372 g/mol. The summed E-state index contributed by atoms with van der Waals surface area (Å²) in [6, 6.07) is 14.1. The number of nitrogens with one attached hydrogen (secondary N) is 2. The molecule has 1 atom stereocenters. The molecule has 154 valence electrons. The Hall–Kier alpha value is -3.35. The van der Waals surface area contributed by atoms with Crippen LogP contribution in [0.1, 0.15) is 42.1 Å². The lowest BCUT2D eigenvalue weighted by Gasteiger charge is -2.11. The molecule has 0 fully saturated rings. The quantitative estimate of drug-likeness (QED) is 0.633. The van der Waals surface area contributed by atoms with Crippen LogP contribution in [0, 0.1) is 0 Å². The van der Waals surface area contributed by atoms with Crippen LogP contribution in [0.2, 0.25) is 0 Å². The van der Waals surface area contributed by atoms with Crippen LogP contribution in [0.15, 0.2) is 48.5 Å². The Labute approximate surface area is 170 Å². The van der Waals surface area contributed by atoms with Gasteiger partial charge in [-0.2, -0.15) is 0 Å².